The topological polar surface area (TPSA) is 95.9 Å². The third-order valence-electron chi connectivity index (χ3n) is 13.5. The van der Waals surface area contributed by atoms with E-state index >= 15 is 0 Å². The molecule has 0 aromatic rings. The Labute approximate surface area is 405 Å². The fraction of sp³-hybridized carbons (Fsp3) is 0.898. The molecule has 0 bridgehead atoms. The van der Waals surface area contributed by atoms with Crippen molar-refractivity contribution in [2.24, 2.45) is 0 Å². The van der Waals surface area contributed by atoms with Crippen LogP contribution >= 0.6 is 0 Å². The summed E-state index contributed by atoms with van der Waals surface area (Å²) in [5.74, 6) is -0.0366. The molecular formula is C59H113NO5. The monoisotopic (exact) mass is 916 g/mol. The minimum atomic E-state index is -0.669. The van der Waals surface area contributed by atoms with Gasteiger partial charge in [0.1, 0.15) is 0 Å². The van der Waals surface area contributed by atoms with Crippen LogP contribution in [0, 0.1) is 0 Å². The second-order valence-corrected chi connectivity index (χ2v) is 20.0. The number of ether oxygens (including phenoxy) is 1. The summed E-state index contributed by atoms with van der Waals surface area (Å²) in [5.41, 5.74) is 0. The number of rotatable bonds is 54. The van der Waals surface area contributed by atoms with Crippen molar-refractivity contribution in [3.8, 4) is 0 Å². The zero-order valence-electron chi connectivity index (χ0n) is 43.7. The molecule has 0 aliphatic carbocycles. The average Bonchev–Trinajstić information content (AvgIpc) is 3.31. The summed E-state index contributed by atoms with van der Waals surface area (Å²) < 4.78 is 5.48. The Balaban J connectivity index is 3.42. The summed E-state index contributed by atoms with van der Waals surface area (Å²) in [7, 11) is 0. The summed E-state index contributed by atoms with van der Waals surface area (Å²) in [6, 6.07) is -0.547. The molecule has 0 aromatic carbocycles. The summed E-state index contributed by atoms with van der Waals surface area (Å²) in [4.78, 5) is 24.5. The number of aliphatic hydroxyl groups excluding tert-OH is 2. The molecule has 0 saturated heterocycles. The van der Waals surface area contributed by atoms with Gasteiger partial charge in [-0.05, 0) is 57.8 Å². The number of hydrogen-bond acceptors (Lipinski definition) is 5. The van der Waals surface area contributed by atoms with Crippen molar-refractivity contribution in [3.05, 3.63) is 24.3 Å². The lowest BCUT2D eigenvalue weighted by atomic mass is 10.0. The van der Waals surface area contributed by atoms with Gasteiger partial charge in [0.05, 0.1) is 25.4 Å². The first-order valence-corrected chi connectivity index (χ1v) is 29.1. The molecule has 6 nitrogen and oxygen atoms in total. The third kappa shape index (κ3) is 51.6. The van der Waals surface area contributed by atoms with E-state index in [9.17, 15) is 19.8 Å². The first-order chi connectivity index (χ1) is 32.0. The highest BCUT2D eigenvalue weighted by Crippen LogP contribution is 2.17. The van der Waals surface area contributed by atoms with Gasteiger partial charge in [-0.3, -0.25) is 9.59 Å². The Hall–Kier alpha value is -1.66. The maximum absolute atomic E-state index is 12.4. The highest BCUT2D eigenvalue weighted by molar-refractivity contribution is 5.76. The number of nitrogens with one attached hydrogen (secondary N) is 1. The maximum atomic E-state index is 12.4. The van der Waals surface area contributed by atoms with Crippen molar-refractivity contribution >= 4 is 11.9 Å². The van der Waals surface area contributed by atoms with E-state index in [1.165, 1.54) is 231 Å². The number of carbonyl (C=O) groups excluding carboxylic acids is 2. The van der Waals surface area contributed by atoms with E-state index in [2.05, 4.69) is 43.5 Å². The number of allylic oxidation sites excluding steroid dienone is 4. The van der Waals surface area contributed by atoms with Gasteiger partial charge in [-0.25, -0.2) is 0 Å². The molecule has 0 aliphatic heterocycles. The molecule has 0 aromatic heterocycles. The van der Waals surface area contributed by atoms with Gasteiger partial charge in [0.2, 0.25) is 5.91 Å². The summed E-state index contributed by atoms with van der Waals surface area (Å²) >= 11 is 0. The predicted octanol–water partition coefficient (Wildman–Crippen LogP) is 17.9. The van der Waals surface area contributed by atoms with Gasteiger partial charge in [-0.15, -0.1) is 0 Å². The number of amides is 1. The van der Waals surface area contributed by atoms with Gasteiger partial charge in [-0.1, -0.05) is 269 Å². The van der Waals surface area contributed by atoms with E-state index < -0.39 is 12.1 Å². The van der Waals surface area contributed by atoms with Crippen LogP contribution in [0.4, 0.5) is 0 Å². The highest BCUT2D eigenvalue weighted by Gasteiger charge is 2.20. The molecule has 3 N–H and O–H groups in total. The number of hydrogen-bond donors (Lipinski definition) is 3. The molecule has 0 aliphatic rings. The van der Waals surface area contributed by atoms with Crippen LogP contribution in [-0.2, 0) is 14.3 Å². The number of carbonyl (C=O) groups is 2. The van der Waals surface area contributed by atoms with E-state index in [0.29, 0.717) is 25.9 Å². The largest absolute Gasteiger partial charge is 0.466 e. The molecule has 0 rings (SSSR count). The van der Waals surface area contributed by atoms with E-state index in [0.717, 1.165) is 51.4 Å². The molecule has 0 spiro atoms. The second-order valence-electron chi connectivity index (χ2n) is 20.0. The number of esters is 1. The van der Waals surface area contributed by atoms with Crippen LogP contribution in [-0.4, -0.2) is 47.4 Å². The minimum Gasteiger partial charge on any atom is -0.466 e. The fourth-order valence-corrected chi connectivity index (χ4v) is 9.02. The van der Waals surface area contributed by atoms with Crippen molar-refractivity contribution in [3.63, 3.8) is 0 Å². The first-order valence-electron chi connectivity index (χ1n) is 29.1. The minimum absolute atomic E-state index is 0.00934. The Morgan fingerprint density at radius 3 is 1.17 bits per heavy atom. The van der Waals surface area contributed by atoms with Gasteiger partial charge < -0.3 is 20.3 Å². The number of aliphatic hydroxyl groups is 2. The van der Waals surface area contributed by atoms with Crippen molar-refractivity contribution in [1.82, 2.24) is 5.32 Å². The normalized spacial score (nSPS) is 12.7. The van der Waals surface area contributed by atoms with Crippen LogP contribution in [0.25, 0.3) is 0 Å². The van der Waals surface area contributed by atoms with Crippen LogP contribution in [0.5, 0.6) is 0 Å². The molecule has 65 heavy (non-hydrogen) atoms. The van der Waals surface area contributed by atoms with Crippen LogP contribution in [0.1, 0.15) is 316 Å². The first kappa shape index (κ1) is 63.3. The van der Waals surface area contributed by atoms with Crippen LogP contribution in [0.3, 0.4) is 0 Å². The van der Waals surface area contributed by atoms with Gasteiger partial charge in [0, 0.05) is 12.8 Å². The number of unbranched alkanes of at least 4 members (excludes halogenated alkanes) is 39. The van der Waals surface area contributed by atoms with Gasteiger partial charge >= 0.3 is 5.97 Å². The lowest BCUT2D eigenvalue weighted by Gasteiger charge is -2.22. The Kier molecular flexibility index (Phi) is 53.5. The average molecular weight is 917 g/mol. The quantitative estimate of drug-likeness (QED) is 0.0321. The third-order valence-corrected chi connectivity index (χ3v) is 13.5. The van der Waals surface area contributed by atoms with Crippen LogP contribution in [0.15, 0.2) is 24.3 Å². The summed E-state index contributed by atoms with van der Waals surface area (Å²) in [6.45, 7) is 4.94. The van der Waals surface area contributed by atoms with Crippen molar-refractivity contribution in [2.45, 2.75) is 328 Å². The molecule has 6 heteroatoms. The lowest BCUT2D eigenvalue weighted by molar-refractivity contribution is -0.143. The van der Waals surface area contributed by atoms with Gasteiger partial charge in [0.15, 0.2) is 0 Å². The molecule has 0 radical (unpaired) electrons. The Bertz CT molecular complexity index is 1010. The molecule has 1 amide bonds. The summed E-state index contributed by atoms with van der Waals surface area (Å²) in [5, 5.41) is 23.2. The standard InChI is InChI=1S/C59H113NO5/c1-3-5-7-9-11-13-15-16-29-33-37-41-45-49-53-59(64)65-54-50-46-42-38-34-30-27-25-23-21-19-17-18-20-22-24-26-28-32-36-40-44-48-52-58(63)60-56(55-61)57(62)51-47-43-39-35-31-14-12-10-8-6-4-2/h17,19-20,22,56-57,61-62H,3-16,18,21,23-55H2,1-2H3,(H,60,63)/b19-17-,22-20-. The van der Waals surface area contributed by atoms with E-state index in [4.69, 9.17) is 4.74 Å². The second kappa shape index (κ2) is 54.9. The van der Waals surface area contributed by atoms with E-state index in [-0.39, 0.29) is 18.5 Å². The zero-order valence-corrected chi connectivity index (χ0v) is 43.7. The van der Waals surface area contributed by atoms with Crippen molar-refractivity contribution < 1.29 is 24.5 Å². The Morgan fingerprint density at radius 2 is 0.769 bits per heavy atom. The smallest absolute Gasteiger partial charge is 0.305 e. The molecular weight excluding hydrogens is 803 g/mol. The van der Waals surface area contributed by atoms with E-state index in [1.807, 2.05) is 0 Å². The molecule has 384 valence electrons. The SMILES string of the molecule is CCCCCCCCCCCCCCCCC(=O)OCCCCCCCCCCC/C=C\C/C=C\CCCCCCCCCC(=O)NC(CO)C(O)CCCCCCCCCCCCC. The van der Waals surface area contributed by atoms with Crippen LogP contribution < -0.4 is 5.32 Å². The highest BCUT2D eigenvalue weighted by atomic mass is 16.5. The molecule has 0 heterocycles. The molecule has 0 saturated carbocycles. The Morgan fingerprint density at radius 1 is 0.431 bits per heavy atom. The van der Waals surface area contributed by atoms with Gasteiger partial charge in [-0.2, -0.15) is 0 Å². The van der Waals surface area contributed by atoms with Crippen LogP contribution in [0.2, 0.25) is 0 Å². The molecule has 0 fully saturated rings. The zero-order chi connectivity index (χ0) is 47.2. The molecule has 2 unspecified atom stereocenters. The van der Waals surface area contributed by atoms with Gasteiger partial charge in [0.25, 0.3) is 0 Å². The predicted molar refractivity (Wildman–Crippen MR) is 283 cm³/mol. The van der Waals surface area contributed by atoms with Crippen molar-refractivity contribution in [1.29, 1.82) is 0 Å². The lowest BCUT2D eigenvalue weighted by Crippen LogP contribution is -2.45. The summed E-state index contributed by atoms with van der Waals surface area (Å²) in [6.07, 6.45) is 66.0. The molecule has 2 atom stereocenters. The fourth-order valence-electron chi connectivity index (χ4n) is 9.02. The van der Waals surface area contributed by atoms with E-state index in [1.54, 1.807) is 0 Å². The maximum Gasteiger partial charge on any atom is 0.305 e. The van der Waals surface area contributed by atoms with Crippen molar-refractivity contribution in [2.75, 3.05) is 13.2 Å².